The Morgan fingerprint density at radius 2 is 1.80 bits per heavy atom. The van der Waals surface area contributed by atoms with E-state index in [2.05, 4.69) is 29.0 Å². The fraction of sp³-hybridized carbons (Fsp3) is 0.667. The molecule has 1 aliphatic heterocycles. The van der Waals surface area contributed by atoms with Crippen molar-refractivity contribution in [3.8, 4) is 0 Å². The van der Waals surface area contributed by atoms with Gasteiger partial charge in [-0.1, -0.05) is 58.6 Å². The average Bonchev–Trinajstić information content (AvgIpc) is 2.99. The molecule has 0 saturated carbocycles. The lowest BCUT2D eigenvalue weighted by atomic mass is 10.0. The van der Waals surface area contributed by atoms with Gasteiger partial charge in [-0.15, -0.1) is 0 Å². The van der Waals surface area contributed by atoms with Crippen molar-refractivity contribution in [2.24, 2.45) is 5.10 Å². The Morgan fingerprint density at radius 3 is 2.32 bits per heavy atom. The monoisotopic (exact) mass is 588 g/mol. The molecule has 41 heavy (non-hydrogen) atoms. The van der Waals surface area contributed by atoms with Crippen molar-refractivity contribution in [3.05, 3.63) is 49.2 Å². The normalized spacial score (nSPS) is 15.3. The Kier molecular flexibility index (Phi) is 30.5. The maximum atomic E-state index is 12.6. The number of aliphatic hydroxyl groups excluding tert-OH is 1. The Bertz CT molecular complexity index is 738. The van der Waals surface area contributed by atoms with Crippen LogP contribution in [0.15, 0.2) is 54.3 Å². The molecule has 0 amide bonds. The van der Waals surface area contributed by atoms with Crippen LogP contribution >= 0.6 is 0 Å². The first-order chi connectivity index (χ1) is 19.6. The van der Waals surface area contributed by atoms with E-state index in [1.807, 2.05) is 64.7 Å². The average molecular weight is 589 g/mol. The number of carbonyl (C=O) groups is 1. The van der Waals surface area contributed by atoms with Crippen LogP contribution in [-0.2, 0) is 9.53 Å². The van der Waals surface area contributed by atoms with Gasteiger partial charge in [0.1, 0.15) is 6.73 Å². The van der Waals surface area contributed by atoms with Gasteiger partial charge in [0.05, 0.1) is 12.6 Å². The van der Waals surface area contributed by atoms with Crippen molar-refractivity contribution >= 4 is 12.0 Å². The number of ether oxygens (including phenoxy) is 1. The molecule has 0 aromatic rings. The molecule has 1 atom stereocenters. The van der Waals surface area contributed by atoms with Gasteiger partial charge in [0.25, 0.3) is 5.92 Å². The third-order valence-electron chi connectivity index (χ3n) is 5.57. The van der Waals surface area contributed by atoms with Crippen LogP contribution in [0.1, 0.15) is 53.9 Å². The largest absolute Gasteiger partial charge is 0.383 e. The number of hydrogen-bond donors (Lipinski definition) is 3. The highest BCUT2D eigenvalue weighted by Crippen LogP contribution is 2.27. The predicted molar refractivity (Wildman–Crippen MR) is 169 cm³/mol. The summed E-state index contributed by atoms with van der Waals surface area (Å²) in [4.78, 5) is 14.1. The van der Waals surface area contributed by atoms with E-state index in [0.29, 0.717) is 32.7 Å². The van der Waals surface area contributed by atoms with E-state index in [1.165, 1.54) is 6.08 Å². The molecule has 0 aliphatic carbocycles. The molecule has 9 nitrogen and oxygen atoms in total. The number of ketones is 1. The second-order valence-corrected chi connectivity index (χ2v) is 8.50. The molecule has 1 unspecified atom stereocenters. The van der Waals surface area contributed by atoms with Gasteiger partial charge < -0.3 is 25.1 Å². The topological polar surface area (TPSA) is 92.7 Å². The molecular formula is C30H58F2N6O3. The SMILES string of the molecule is C=CC(=O)C(CC(=C)/C=C\C=C\NCO)N(C)NC/C=N\N(C)CC.CC.CC.COCCN1CCC(F)(F)CC1. The van der Waals surface area contributed by atoms with Gasteiger partial charge >= 0.3 is 0 Å². The second-order valence-electron chi connectivity index (χ2n) is 8.50. The number of rotatable bonds is 17. The second kappa shape index (κ2) is 29.1. The van der Waals surface area contributed by atoms with Crippen LogP contribution in [0.4, 0.5) is 8.78 Å². The maximum Gasteiger partial charge on any atom is 0.250 e. The van der Waals surface area contributed by atoms with Crippen LogP contribution in [0.2, 0.25) is 0 Å². The first-order valence-corrected chi connectivity index (χ1v) is 14.4. The summed E-state index contributed by atoms with van der Waals surface area (Å²) in [6, 6.07) is -0.397. The number of piperidine rings is 1. The fourth-order valence-corrected chi connectivity index (χ4v) is 3.13. The third-order valence-corrected chi connectivity index (χ3v) is 5.57. The number of carbonyl (C=O) groups excluding carboxylic acids is 1. The molecular weight excluding hydrogens is 530 g/mol. The summed E-state index contributed by atoms with van der Waals surface area (Å²) >= 11 is 0. The van der Waals surface area contributed by atoms with Crippen LogP contribution < -0.4 is 10.7 Å². The molecule has 1 heterocycles. The smallest absolute Gasteiger partial charge is 0.250 e. The first kappa shape index (κ1) is 43.0. The lowest BCUT2D eigenvalue weighted by Gasteiger charge is -2.31. The minimum Gasteiger partial charge on any atom is -0.383 e. The van der Waals surface area contributed by atoms with Crippen LogP contribution in [0.25, 0.3) is 0 Å². The zero-order chi connectivity index (χ0) is 32.1. The molecule has 0 spiro atoms. The number of hydrazone groups is 1. The quantitative estimate of drug-likeness (QED) is 0.0755. The summed E-state index contributed by atoms with van der Waals surface area (Å²) in [6.07, 6.45) is 10.5. The highest BCUT2D eigenvalue weighted by atomic mass is 19.3. The molecule has 0 bridgehead atoms. The van der Waals surface area contributed by atoms with Gasteiger partial charge in [-0.3, -0.25) is 4.79 Å². The summed E-state index contributed by atoms with van der Waals surface area (Å²) in [7, 11) is 5.33. The summed E-state index contributed by atoms with van der Waals surface area (Å²) in [5.74, 6) is -2.51. The number of aliphatic hydroxyl groups is 1. The van der Waals surface area contributed by atoms with E-state index < -0.39 is 12.0 Å². The number of halogens is 2. The van der Waals surface area contributed by atoms with Gasteiger partial charge in [-0.25, -0.2) is 19.2 Å². The van der Waals surface area contributed by atoms with Crippen molar-refractivity contribution in [2.45, 2.75) is 65.8 Å². The molecule has 0 radical (unpaired) electrons. The lowest BCUT2D eigenvalue weighted by Crippen LogP contribution is -2.47. The Morgan fingerprint density at radius 1 is 1.20 bits per heavy atom. The number of nitrogens with zero attached hydrogens (tertiary/aromatic N) is 4. The maximum absolute atomic E-state index is 12.6. The summed E-state index contributed by atoms with van der Waals surface area (Å²) in [5, 5.41) is 19.0. The zero-order valence-electron chi connectivity index (χ0n) is 26.8. The van der Waals surface area contributed by atoms with Crippen molar-refractivity contribution in [1.29, 1.82) is 0 Å². The van der Waals surface area contributed by atoms with E-state index >= 15 is 0 Å². The van der Waals surface area contributed by atoms with E-state index in [9.17, 15) is 13.6 Å². The molecule has 11 heteroatoms. The van der Waals surface area contributed by atoms with Crippen molar-refractivity contribution in [3.63, 3.8) is 0 Å². The number of hydrogen-bond acceptors (Lipinski definition) is 9. The third kappa shape index (κ3) is 25.0. The minimum atomic E-state index is -2.43. The molecule has 0 aromatic heterocycles. The molecule has 0 aromatic carbocycles. The summed E-state index contributed by atoms with van der Waals surface area (Å²) in [6.45, 7) is 21.2. The van der Waals surface area contributed by atoms with Gasteiger partial charge in [0.2, 0.25) is 0 Å². The molecule has 240 valence electrons. The predicted octanol–water partition coefficient (Wildman–Crippen LogP) is 4.46. The Balaban J connectivity index is -0.000000747. The molecule has 1 rings (SSSR count). The van der Waals surface area contributed by atoms with Crippen LogP contribution in [0.5, 0.6) is 0 Å². The fourth-order valence-electron chi connectivity index (χ4n) is 3.13. The molecule has 3 N–H and O–H groups in total. The van der Waals surface area contributed by atoms with Gasteiger partial charge in [-0.05, 0) is 31.7 Å². The Labute approximate surface area is 248 Å². The lowest BCUT2D eigenvalue weighted by molar-refractivity contribution is -0.120. The zero-order valence-corrected chi connectivity index (χ0v) is 26.8. The number of likely N-dealkylation sites (tertiary alicyclic amines) is 1. The van der Waals surface area contributed by atoms with Gasteiger partial charge in [0.15, 0.2) is 5.78 Å². The van der Waals surface area contributed by atoms with Crippen molar-refractivity contribution in [1.82, 2.24) is 25.7 Å². The van der Waals surface area contributed by atoms with E-state index in [4.69, 9.17) is 9.84 Å². The first-order valence-electron chi connectivity index (χ1n) is 14.4. The molecule has 1 aliphatic rings. The highest BCUT2D eigenvalue weighted by Gasteiger charge is 2.33. The van der Waals surface area contributed by atoms with E-state index in [0.717, 1.165) is 18.7 Å². The number of hydrazine groups is 1. The standard InChI is InChI=1S/C18H31N5O2.C8H15F2NO.2C2H6/c1-6-18(25)17(14-16(3)10-8-9-11-19-15-24)23(5)21-13-12-20-22(4)7-2;1-12-7-6-11-4-2-8(9,10)3-5-11;2*1-2/h6,8-12,17,19,21,24H,1,3,7,13-15H2,2,4-5H3;2-7H2,1H3;2*1-2H3/b10-8-,11-9+,20-12-;;;. The molecule has 1 saturated heterocycles. The number of alkyl halides is 2. The Hall–Kier alpha value is -2.44. The van der Waals surface area contributed by atoms with Crippen LogP contribution in [-0.4, -0.2) is 111 Å². The minimum absolute atomic E-state index is 0.00326. The number of methoxy groups -OCH3 is 1. The molecule has 1 fully saturated rings. The van der Waals surface area contributed by atoms with Crippen LogP contribution in [0, 0.1) is 0 Å². The van der Waals surface area contributed by atoms with Crippen LogP contribution in [0.3, 0.4) is 0 Å². The summed E-state index contributed by atoms with van der Waals surface area (Å²) < 4.78 is 30.2. The van der Waals surface area contributed by atoms with E-state index in [-0.39, 0.29) is 25.4 Å². The number of allylic oxidation sites excluding steroid dienone is 3. The van der Waals surface area contributed by atoms with Crippen molar-refractivity contribution in [2.75, 3.05) is 67.3 Å². The van der Waals surface area contributed by atoms with E-state index in [1.54, 1.807) is 36.7 Å². The summed E-state index contributed by atoms with van der Waals surface area (Å²) in [5.41, 5.74) is 3.95. The number of likely N-dealkylation sites (N-methyl/N-ethyl adjacent to an activating group) is 1. The number of nitrogens with one attached hydrogen (secondary N) is 2. The van der Waals surface area contributed by atoms with Gasteiger partial charge in [-0.2, -0.15) is 5.10 Å². The van der Waals surface area contributed by atoms with Crippen molar-refractivity contribution < 1.29 is 23.4 Å². The van der Waals surface area contributed by atoms with Gasteiger partial charge in [0, 0.05) is 73.0 Å². The highest BCUT2D eigenvalue weighted by molar-refractivity contribution is 5.94.